The van der Waals surface area contributed by atoms with E-state index in [0.29, 0.717) is 0 Å². The first-order valence-electron chi connectivity index (χ1n) is 3.80. The molecule has 0 aromatic rings. The molecule has 0 amide bonds. The van der Waals surface area contributed by atoms with E-state index in [0.717, 1.165) is 19.6 Å². The van der Waals surface area contributed by atoms with E-state index in [1.807, 2.05) is 12.0 Å². The summed E-state index contributed by atoms with van der Waals surface area (Å²) in [7, 11) is 1.72. The molecule has 0 radical (unpaired) electrons. The van der Waals surface area contributed by atoms with E-state index in [-0.39, 0.29) is 6.23 Å². The normalized spacial score (nSPS) is 27.6. The Morgan fingerprint density at radius 2 is 2.40 bits per heavy atom. The molecule has 1 aliphatic rings. The Balaban J connectivity index is 2.27. The molecule has 1 atom stereocenters. The van der Waals surface area contributed by atoms with E-state index in [1.165, 1.54) is 6.42 Å². The van der Waals surface area contributed by atoms with Crippen LogP contribution in [0.1, 0.15) is 19.8 Å². The number of hydrogen-bond acceptors (Lipinski definition) is 3. The van der Waals surface area contributed by atoms with Gasteiger partial charge in [-0.1, -0.05) is 0 Å². The van der Waals surface area contributed by atoms with Gasteiger partial charge >= 0.3 is 0 Å². The average Bonchev–Trinajstić information content (AvgIpc) is 2.36. The van der Waals surface area contributed by atoms with Gasteiger partial charge in [0.05, 0.1) is 6.61 Å². The first-order valence-corrected chi connectivity index (χ1v) is 3.80. The van der Waals surface area contributed by atoms with Gasteiger partial charge in [0.1, 0.15) is 6.23 Å². The number of ether oxygens (including phenoxy) is 1. The predicted octanol–water partition coefficient (Wildman–Crippen LogP) is 1.01. The van der Waals surface area contributed by atoms with Crippen molar-refractivity contribution in [2.24, 2.45) is 0 Å². The molecule has 10 heavy (non-hydrogen) atoms. The van der Waals surface area contributed by atoms with Gasteiger partial charge < -0.3 is 4.74 Å². The number of hydroxylamine groups is 2. The van der Waals surface area contributed by atoms with Crippen LogP contribution in [0, 0.1) is 0 Å². The van der Waals surface area contributed by atoms with Crippen LogP contribution in [0.4, 0.5) is 0 Å². The zero-order chi connectivity index (χ0) is 7.40. The lowest BCUT2D eigenvalue weighted by Gasteiger charge is -2.20. The first-order chi connectivity index (χ1) is 4.88. The molecule has 1 fully saturated rings. The fourth-order valence-electron chi connectivity index (χ4n) is 1.26. The lowest BCUT2D eigenvalue weighted by atomic mass is 10.4. The second kappa shape index (κ2) is 3.91. The Morgan fingerprint density at radius 1 is 1.60 bits per heavy atom. The highest BCUT2D eigenvalue weighted by atomic mass is 16.7. The molecule has 0 spiro atoms. The van der Waals surface area contributed by atoms with Crippen LogP contribution in [0.2, 0.25) is 0 Å². The van der Waals surface area contributed by atoms with Crippen molar-refractivity contribution in [3.8, 4) is 0 Å². The van der Waals surface area contributed by atoms with Crippen molar-refractivity contribution < 1.29 is 9.57 Å². The van der Waals surface area contributed by atoms with Gasteiger partial charge in [-0.2, -0.15) is 5.06 Å². The molecule has 0 aromatic heterocycles. The van der Waals surface area contributed by atoms with E-state index in [4.69, 9.17) is 9.57 Å². The van der Waals surface area contributed by atoms with Crippen molar-refractivity contribution in [3.05, 3.63) is 0 Å². The molecule has 1 rings (SSSR count). The third-order valence-electron chi connectivity index (χ3n) is 1.72. The molecule has 0 saturated carbocycles. The monoisotopic (exact) mass is 145 g/mol. The summed E-state index contributed by atoms with van der Waals surface area (Å²) >= 11 is 0. The molecule has 0 N–H and O–H groups in total. The molecule has 1 unspecified atom stereocenters. The molecule has 3 nitrogen and oxygen atoms in total. The maximum atomic E-state index is 5.31. The minimum absolute atomic E-state index is 0.194. The Bertz CT molecular complexity index is 97.6. The second-order valence-corrected chi connectivity index (χ2v) is 2.39. The van der Waals surface area contributed by atoms with Crippen LogP contribution < -0.4 is 0 Å². The number of methoxy groups -OCH3 is 1. The Kier molecular flexibility index (Phi) is 3.12. The number of nitrogens with zero attached hydrogens (tertiary/aromatic N) is 1. The third-order valence-corrected chi connectivity index (χ3v) is 1.72. The van der Waals surface area contributed by atoms with Crippen LogP contribution in [-0.2, 0) is 9.57 Å². The molecule has 0 bridgehead atoms. The quantitative estimate of drug-likeness (QED) is 0.591. The van der Waals surface area contributed by atoms with Crippen LogP contribution >= 0.6 is 0 Å². The first kappa shape index (κ1) is 7.98. The van der Waals surface area contributed by atoms with E-state index < -0.39 is 0 Å². The molecule has 1 aliphatic heterocycles. The summed E-state index contributed by atoms with van der Waals surface area (Å²) in [6.07, 6.45) is 2.47. The Labute approximate surface area is 61.9 Å². The molecule has 0 aromatic carbocycles. The minimum atomic E-state index is 0.194. The molecule has 3 heteroatoms. The molecular formula is C7H15NO2. The zero-order valence-corrected chi connectivity index (χ0v) is 6.67. The minimum Gasteiger partial charge on any atom is -0.364 e. The van der Waals surface area contributed by atoms with Crippen LogP contribution in [0.5, 0.6) is 0 Å². The van der Waals surface area contributed by atoms with E-state index in [9.17, 15) is 0 Å². The highest BCUT2D eigenvalue weighted by Gasteiger charge is 2.23. The van der Waals surface area contributed by atoms with Crippen LogP contribution in [0.25, 0.3) is 0 Å². The standard InChI is InChI=1S/C7H15NO2/c1-3-10-8-6-4-5-7(8)9-2/h7H,3-6H2,1-2H3. The van der Waals surface area contributed by atoms with E-state index in [1.54, 1.807) is 7.11 Å². The van der Waals surface area contributed by atoms with Crippen molar-refractivity contribution in [1.82, 2.24) is 5.06 Å². The molecular weight excluding hydrogens is 130 g/mol. The van der Waals surface area contributed by atoms with Gasteiger partial charge in [0.15, 0.2) is 0 Å². The number of hydrogen-bond donors (Lipinski definition) is 0. The molecule has 0 aliphatic carbocycles. The highest BCUT2D eigenvalue weighted by molar-refractivity contribution is 4.64. The topological polar surface area (TPSA) is 21.7 Å². The molecule has 1 saturated heterocycles. The van der Waals surface area contributed by atoms with Gasteiger partial charge in [-0.3, -0.25) is 4.84 Å². The SMILES string of the molecule is CCON1CCCC1OC. The summed E-state index contributed by atoms with van der Waals surface area (Å²) in [6, 6.07) is 0. The average molecular weight is 145 g/mol. The van der Waals surface area contributed by atoms with Crippen LogP contribution in [0.15, 0.2) is 0 Å². The maximum Gasteiger partial charge on any atom is 0.132 e. The number of rotatable bonds is 3. The lowest BCUT2D eigenvalue weighted by Crippen LogP contribution is -2.30. The van der Waals surface area contributed by atoms with Crippen molar-refractivity contribution in [1.29, 1.82) is 0 Å². The summed E-state index contributed by atoms with van der Waals surface area (Å²) in [5.41, 5.74) is 0. The van der Waals surface area contributed by atoms with Gasteiger partial charge in [0.2, 0.25) is 0 Å². The lowest BCUT2D eigenvalue weighted by molar-refractivity contribution is -0.223. The van der Waals surface area contributed by atoms with Crippen molar-refractivity contribution in [3.63, 3.8) is 0 Å². The van der Waals surface area contributed by atoms with E-state index >= 15 is 0 Å². The summed E-state index contributed by atoms with van der Waals surface area (Å²) in [6.45, 7) is 3.73. The van der Waals surface area contributed by atoms with Crippen molar-refractivity contribution in [2.75, 3.05) is 20.3 Å². The summed E-state index contributed by atoms with van der Waals surface area (Å²) < 4.78 is 5.18. The van der Waals surface area contributed by atoms with Gasteiger partial charge in [0, 0.05) is 13.7 Å². The summed E-state index contributed by atoms with van der Waals surface area (Å²) in [5, 5.41) is 1.92. The highest BCUT2D eigenvalue weighted by Crippen LogP contribution is 2.16. The summed E-state index contributed by atoms with van der Waals surface area (Å²) in [5.74, 6) is 0. The Morgan fingerprint density at radius 3 is 3.00 bits per heavy atom. The van der Waals surface area contributed by atoms with Gasteiger partial charge in [-0.05, 0) is 19.8 Å². The van der Waals surface area contributed by atoms with Crippen molar-refractivity contribution in [2.45, 2.75) is 26.0 Å². The van der Waals surface area contributed by atoms with Crippen molar-refractivity contribution >= 4 is 0 Å². The van der Waals surface area contributed by atoms with Crippen LogP contribution in [-0.4, -0.2) is 31.6 Å². The largest absolute Gasteiger partial charge is 0.364 e. The second-order valence-electron chi connectivity index (χ2n) is 2.39. The molecule has 60 valence electrons. The zero-order valence-electron chi connectivity index (χ0n) is 6.67. The fourth-order valence-corrected chi connectivity index (χ4v) is 1.26. The van der Waals surface area contributed by atoms with Gasteiger partial charge in [0.25, 0.3) is 0 Å². The smallest absolute Gasteiger partial charge is 0.132 e. The fraction of sp³-hybridized carbons (Fsp3) is 1.00. The Hall–Kier alpha value is -0.120. The van der Waals surface area contributed by atoms with Crippen LogP contribution in [0.3, 0.4) is 0 Å². The third kappa shape index (κ3) is 1.68. The van der Waals surface area contributed by atoms with E-state index in [2.05, 4.69) is 0 Å². The molecule has 1 heterocycles. The maximum absolute atomic E-state index is 5.31. The van der Waals surface area contributed by atoms with Gasteiger partial charge in [-0.25, -0.2) is 0 Å². The van der Waals surface area contributed by atoms with Gasteiger partial charge in [-0.15, -0.1) is 0 Å². The summed E-state index contributed by atoms with van der Waals surface area (Å²) in [4.78, 5) is 5.31. The predicted molar refractivity (Wildman–Crippen MR) is 38.4 cm³/mol.